The van der Waals surface area contributed by atoms with Crippen LogP contribution in [0.2, 0.25) is 20.1 Å². The summed E-state index contributed by atoms with van der Waals surface area (Å²) in [4.78, 5) is 62.4. The average molecular weight is 978 g/mol. The van der Waals surface area contributed by atoms with E-state index in [9.17, 15) is 38.6 Å². The van der Waals surface area contributed by atoms with Gasteiger partial charge in [0.1, 0.15) is 23.5 Å². The number of carbonyl (C=O) groups is 5. The van der Waals surface area contributed by atoms with Crippen molar-refractivity contribution < 1.29 is 66.3 Å². The molecule has 0 spiro atoms. The number of aliphatic carboxylic acids is 2. The highest BCUT2D eigenvalue weighted by molar-refractivity contribution is 6.42. The molecule has 7 rings (SSSR count). The van der Waals surface area contributed by atoms with Crippen LogP contribution in [0.25, 0.3) is 0 Å². The second-order valence-corrected chi connectivity index (χ2v) is 17.7. The lowest BCUT2D eigenvalue weighted by Crippen LogP contribution is -2.60. The van der Waals surface area contributed by atoms with Crippen molar-refractivity contribution in [2.24, 2.45) is 35.1 Å². The highest BCUT2D eigenvalue weighted by Gasteiger charge is 2.86. The van der Waals surface area contributed by atoms with Gasteiger partial charge in [0.2, 0.25) is 11.3 Å². The summed E-state index contributed by atoms with van der Waals surface area (Å²) in [7, 11) is 0. The molecule has 0 unspecified atom stereocenters. The summed E-state index contributed by atoms with van der Waals surface area (Å²) in [6, 6.07) is 14.8. The minimum absolute atomic E-state index is 0.0124. The van der Waals surface area contributed by atoms with Gasteiger partial charge in [0.05, 0.1) is 45.5 Å². The predicted octanol–water partition coefficient (Wildman–Crippen LogP) is 6.33. The highest BCUT2D eigenvalue weighted by Crippen LogP contribution is 2.68. The number of esters is 2. The van der Waals surface area contributed by atoms with Crippen molar-refractivity contribution in [2.45, 2.75) is 81.1 Å². The zero-order chi connectivity index (χ0) is 47.1. The molecule has 3 aromatic carbocycles. The number of likely N-dealkylation sites (N-methyl/N-ethyl adjacent to an activating group) is 1. The maximum atomic E-state index is 15.5. The number of alkyl halides is 2. The molecule has 0 bridgehead atoms. The number of hydrogen-bond donors (Lipinski definition) is 4. The number of carbonyl (C=O) groups excluding carboxylic acids is 3. The van der Waals surface area contributed by atoms with Crippen LogP contribution >= 0.6 is 46.4 Å². The summed E-state index contributed by atoms with van der Waals surface area (Å²) < 4.78 is 65.3. The van der Waals surface area contributed by atoms with Gasteiger partial charge < -0.3 is 45.5 Å². The third kappa shape index (κ3) is 9.02. The van der Waals surface area contributed by atoms with Crippen LogP contribution in [0.5, 0.6) is 0 Å². The topological polar surface area (TPSA) is 218 Å². The molecule has 3 aromatic rings. The molecule has 0 radical (unpaired) electrons. The molecule has 0 aromatic heterocycles. The van der Waals surface area contributed by atoms with Crippen molar-refractivity contribution in [2.75, 3.05) is 19.7 Å². The predicted molar refractivity (Wildman–Crippen MR) is 225 cm³/mol. The first-order valence-electron chi connectivity index (χ1n) is 20.0. The zero-order valence-electron chi connectivity index (χ0n) is 34.2. The fraction of sp³-hybridized carbons (Fsp3) is 0.465. The molecule has 0 heterocycles. The van der Waals surface area contributed by atoms with E-state index >= 15 is 8.78 Å². The monoisotopic (exact) mass is 975 g/mol. The van der Waals surface area contributed by atoms with Gasteiger partial charge in [-0.05, 0) is 79.8 Å². The number of hydrogen-bond acceptors (Lipinski definition) is 11. The molecule has 4 saturated carbocycles. The van der Waals surface area contributed by atoms with Crippen molar-refractivity contribution in [3.8, 4) is 0 Å². The van der Waals surface area contributed by atoms with Gasteiger partial charge in [-0.15, -0.1) is 0 Å². The van der Waals surface area contributed by atoms with Crippen molar-refractivity contribution in [3.05, 3.63) is 103 Å². The van der Waals surface area contributed by atoms with Crippen LogP contribution < -0.4 is 11.5 Å². The van der Waals surface area contributed by atoms with Gasteiger partial charge in [-0.25, -0.2) is 22.8 Å². The van der Waals surface area contributed by atoms with Gasteiger partial charge in [0.25, 0.3) is 5.91 Å². The van der Waals surface area contributed by atoms with Crippen LogP contribution in [-0.2, 0) is 62.7 Å². The molecule has 4 aliphatic carbocycles. The van der Waals surface area contributed by atoms with Crippen LogP contribution in [0.3, 0.4) is 0 Å². The molecule has 6 N–H and O–H groups in total. The second kappa shape index (κ2) is 19.0. The molecule has 1 amide bonds. The molecule has 64 heavy (non-hydrogen) atoms. The molecule has 4 aliphatic rings. The summed E-state index contributed by atoms with van der Waals surface area (Å²) in [6.07, 6.45) is -2.18. The number of fused-ring (bicyclic) bond motifs is 2. The number of nitrogens with zero attached hydrogens (tertiary/aromatic N) is 1. The summed E-state index contributed by atoms with van der Waals surface area (Å²) in [5.41, 5.74) is 4.66. The summed E-state index contributed by atoms with van der Waals surface area (Å²) in [6.45, 7) is 3.44. The number of halogens is 7. The molecule has 0 aliphatic heterocycles. The van der Waals surface area contributed by atoms with Crippen molar-refractivity contribution in [1.29, 1.82) is 0 Å². The number of amides is 1. The van der Waals surface area contributed by atoms with Gasteiger partial charge in [-0.2, -0.15) is 0 Å². The molecular formula is C43H44Cl4F3N3O11. The minimum Gasteiger partial charge on any atom is -0.480 e. The lowest BCUT2D eigenvalue weighted by atomic mass is 9.88. The van der Waals surface area contributed by atoms with Gasteiger partial charge in [0.15, 0.2) is 6.61 Å². The molecule has 21 heteroatoms. The number of ether oxygens (including phenoxy) is 4. The van der Waals surface area contributed by atoms with E-state index in [-0.39, 0.29) is 32.7 Å². The Morgan fingerprint density at radius 3 is 1.45 bits per heavy atom. The minimum atomic E-state index is -2.57. The molecular weight excluding hydrogens is 933 g/mol. The van der Waals surface area contributed by atoms with Crippen LogP contribution in [0, 0.1) is 29.5 Å². The summed E-state index contributed by atoms with van der Waals surface area (Å²) in [5.74, 6) is -10.8. The first-order chi connectivity index (χ1) is 30.1. The highest BCUT2D eigenvalue weighted by atomic mass is 35.5. The Balaban J connectivity index is 0.000000213. The maximum Gasteiger partial charge on any atom is 0.345 e. The number of rotatable bonds is 16. The first kappa shape index (κ1) is 49.2. The first-order valence-corrected chi connectivity index (χ1v) is 21.5. The van der Waals surface area contributed by atoms with Crippen LogP contribution in [0.15, 0.2) is 60.7 Å². The lowest BCUT2D eigenvalue weighted by Gasteiger charge is -2.32. The fourth-order valence-corrected chi connectivity index (χ4v) is 9.63. The van der Waals surface area contributed by atoms with E-state index in [4.69, 9.17) is 76.8 Å². The standard InChI is InChI=1S/C22H19Cl2F2NO5.C21H25Cl2FN2O6/c23-15-6-3-12(7-16(15)24)10-31-17-8-14-18(22(17,27)19(28)29)21(14,26)20(30)32-9-11-1-4-13(25)5-2-11;1-3-26(4-2)16(27)10-32-19(30)20(24)12-8-15(21(25,17(12)20)18(28)29)31-9-11-5-6-13(22)14(23)7-11/h1-7,14,17-18H,8-10,27H2,(H,28,29);5-7,12,15,17H,3-4,8-10,25H2,1-2H3,(H,28,29)/t14-,17-,18+,21-,22+;12-,15-,17+,20-,21+/m11/s1. The van der Waals surface area contributed by atoms with Crippen molar-refractivity contribution in [3.63, 3.8) is 0 Å². The fourth-order valence-electron chi connectivity index (χ4n) is 8.99. The summed E-state index contributed by atoms with van der Waals surface area (Å²) in [5, 5.41) is 20.9. The van der Waals surface area contributed by atoms with Gasteiger partial charge in [0, 0.05) is 36.8 Å². The Morgan fingerprint density at radius 2 is 1.06 bits per heavy atom. The summed E-state index contributed by atoms with van der Waals surface area (Å²) >= 11 is 23.7. The van der Waals surface area contributed by atoms with Gasteiger partial charge in [-0.1, -0.05) is 70.7 Å². The third-order valence-corrected chi connectivity index (χ3v) is 14.0. The SMILES string of the molecule is CCN(CC)C(=O)COC(=O)[C@@]1(F)[C@@H]2C[C@@H](OCc3ccc(Cl)c(Cl)c3)[C@@](N)(C(=O)O)[C@@H]21.N[C@]1(C(=O)O)[C@H]2[C@@H](C[C@H]1OCc1ccc(Cl)c(Cl)c1)[C@]2(F)C(=O)OCc1ccc(F)cc1. The zero-order valence-corrected chi connectivity index (χ0v) is 37.2. The van der Waals surface area contributed by atoms with E-state index < -0.39 is 101 Å². The normalized spacial score (nSPS) is 30.5. The maximum absolute atomic E-state index is 15.5. The number of nitrogens with two attached hydrogens (primary N) is 2. The van der Waals surface area contributed by atoms with E-state index in [1.54, 1.807) is 50.2 Å². The van der Waals surface area contributed by atoms with Gasteiger partial charge >= 0.3 is 23.9 Å². The molecule has 14 nitrogen and oxygen atoms in total. The number of carboxylic acid groups (broad SMARTS) is 2. The van der Waals surface area contributed by atoms with Crippen molar-refractivity contribution in [1.82, 2.24) is 4.90 Å². The lowest BCUT2D eigenvalue weighted by molar-refractivity contribution is -0.163. The average Bonchev–Trinajstić information content (AvgIpc) is 3.95. The largest absolute Gasteiger partial charge is 0.480 e. The number of carboxylic acids is 2. The number of benzene rings is 3. The van der Waals surface area contributed by atoms with Crippen LogP contribution in [0.4, 0.5) is 13.2 Å². The van der Waals surface area contributed by atoms with E-state index in [0.29, 0.717) is 49.9 Å². The molecule has 346 valence electrons. The Kier molecular flexibility index (Phi) is 14.6. The van der Waals surface area contributed by atoms with E-state index in [1.807, 2.05) is 0 Å². The van der Waals surface area contributed by atoms with E-state index in [1.165, 1.54) is 29.2 Å². The Labute approximate surface area is 385 Å². The van der Waals surface area contributed by atoms with E-state index in [2.05, 4.69) is 0 Å². The van der Waals surface area contributed by atoms with Crippen molar-refractivity contribution >= 4 is 76.2 Å². The second-order valence-electron chi connectivity index (χ2n) is 16.1. The Hall–Kier alpha value is -4.20. The van der Waals surface area contributed by atoms with E-state index in [0.717, 1.165) is 0 Å². The third-order valence-electron chi connectivity index (χ3n) is 12.6. The Bertz CT molecular complexity index is 2310. The quantitative estimate of drug-likeness (QED) is 0.116. The van der Waals surface area contributed by atoms with Gasteiger partial charge in [-0.3, -0.25) is 14.4 Å². The Morgan fingerprint density at radius 1 is 0.656 bits per heavy atom. The van der Waals surface area contributed by atoms with Crippen LogP contribution in [-0.4, -0.2) is 99.2 Å². The smallest absolute Gasteiger partial charge is 0.345 e. The van der Waals surface area contributed by atoms with Crippen LogP contribution in [0.1, 0.15) is 43.4 Å². The molecule has 4 fully saturated rings. The molecule has 0 saturated heterocycles. The molecule has 10 atom stereocenters.